The molecular formula is C17H24N2S. The molecule has 2 heterocycles. The molecule has 3 heteroatoms. The first-order valence-corrected chi connectivity index (χ1v) is 8.54. The van der Waals surface area contributed by atoms with Crippen molar-refractivity contribution in [2.75, 3.05) is 26.7 Å². The van der Waals surface area contributed by atoms with Gasteiger partial charge in [0.1, 0.15) is 0 Å². The molecule has 20 heavy (non-hydrogen) atoms. The summed E-state index contributed by atoms with van der Waals surface area (Å²) >= 11 is 1.89. The minimum Gasteiger partial charge on any atom is -0.315 e. The van der Waals surface area contributed by atoms with E-state index in [9.17, 15) is 0 Å². The van der Waals surface area contributed by atoms with Gasteiger partial charge in [-0.05, 0) is 61.8 Å². The number of hydrogen-bond acceptors (Lipinski definition) is 3. The quantitative estimate of drug-likeness (QED) is 0.920. The lowest BCUT2D eigenvalue weighted by molar-refractivity contribution is 0.0873. The molecule has 2 nitrogen and oxygen atoms in total. The van der Waals surface area contributed by atoms with E-state index in [1.165, 1.54) is 34.9 Å². The molecule has 0 radical (unpaired) electrons. The highest BCUT2D eigenvalue weighted by Gasteiger charge is 2.39. The average molecular weight is 288 g/mol. The van der Waals surface area contributed by atoms with Crippen molar-refractivity contribution >= 4 is 21.4 Å². The Balaban J connectivity index is 2.08. The number of likely N-dealkylation sites (N-methyl/N-ethyl adjacent to an activating group) is 1. The minimum absolute atomic E-state index is 0.174. The summed E-state index contributed by atoms with van der Waals surface area (Å²) in [4.78, 5) is 2.58. The second-order valence-corrected chi connectivity index (χ2v) is 6.79. The van der Waals surface area contributed by atoms with E-state index in [0.29, 0.717) is 0 Å². The van der Waals surface area contributed by atoms with Crippen LogP contribution < -0.4 is 5.32 Å². The van der Waals surface area contributed by atoms with Crippen LogP contribution in [-0.2, 0) is 5.54 Å². The zero-order valence-electron chi connectivity index (χ0n) is 12.5. The van der Waals surface area contributed by atoms with Gasteiger partial charge in [-0.3, -0.25) is 4.90 Å². The number of benzene rings is 1. The van der Waals surface area contributed by atoms with E-state index < -0.39 is 0 Å². The van der Waals surface area contributed by atoms with Crippen LogP contribution in [0.15, 0.2) is 29.6 Å². The summed E-state index contributed by atoms with van der Waals surface area (Å²) in [5.74, 6) is 0. The molecule has 1 atom stereocenters. The van der Waals surface area contributed by atoms with Gasteiger partial charge in [0.2, 0.25) is 0 Å². The molecule has 3 rings (SSSR count). The van der Waals surface area contributed by atoms with Crippen LogP contribution in [-0.4, -0.2) is 31.6 Å². The van der Waals surface area contributed by atoms with Crippen LogP contribution in [0, 0.1) is 0 Å². The summed E-state index contributed by atoms with van der Waals surface area (Å²) in [6, 6.07) is 8.84. The van der Waals surface area contributed by atoms with Crippen molar-refractivity contribution in [1.82, 2.24) is 10.2 Å². The first-order valence-electron chi connectivity index (χ1n) is 7.66. The van der Waals surface area contributed by atoms with Crippen molar-refractivity contribution in [3.8, 4) is 0 Å². The molecule has 108 valence electrons. The third-order valence-electron chi connectivity index (χ3n) is 4.63. The normalized spacial score (nSPS) is 23.6. The Labute approximate surface area is 125 Å². The number of hydrogen-bond donors (Lipinski definition) is 1. The Morgan fingerprint density at radius 2 is 2.20 bits per heavy atom. The van der Waals surface area contributed by atoms with Crippen molar-refractivity contribution in [2.45, 2.75) is 31.7 Å². The van der Waals surface area contributed by atoms with Crippen molar-refractivity contribution in [3.05, 3.63) is 35.2 Å². The van der Waals surface area contributed by atoms with Crippen molar-refractivity contribution in [2.24, 2.45) is 0 Å². The highest BCUT2D eigenvalue weighted by molar-refractivity contribution is 7.17. The predicted molar refractivity (Wildman–Crippen MR) is 88.5 cm³/mol. The van der Waals surface area contributed by atoms with Gasteiger partial charge < -0.3 is 5.32 Å². The van der Waals surface area contributed by atoms with E-state index in [2.05, 4.69) is 53.8 Å². The summed E-state index contributed by atoms with van der Waals surface area (Å²) in [6.07, 6.45) is 3.73. The van der Waals surface area contributed by atoms with Crippen LogP contribution >= 0.6 is 11.3 Å². The van der Waals surface area contributed by atoms with Gasteiger partial charge in [-0.15, -0.1) is 11.3 Å². The fourth-order valence-corrected chi connectivity index (χ4v) is 4.59. The van der Waals surface area contributed by atoms with E-state index in [1.807, 2.05) is 11.3 Å². The van der Waals surface area contributed by atoms with Gasteiger partial charge in [0.05, 0.1) is 5.54 Å². The van der Waals surface area contributed by atoms with E-state index in [1.54, 1.807) is 0 Å². The Bertz CT molecular complexity index is 569. The van der Waals surface area contributed by atoms with Gasteiger partial charge >= 0.3 is 0 Å². The maximum Gasteiger partial charge on any atom is 0.0598 e. The average Bonchev–Trinajstić information content (AvgIpc) is 2.92. The van der Waals surface area contributed by atoms with Gasteiger partial charge in [-0.2, -0.15) is 0 Å². The van der Waals surface area contributed by atoms with E-state index in [-0.39, 0.29) is 5.54 Å². The molecule has 1 saturated heterocycles. The Hall–Kier alpha value is -0.900. The third-order valence-corrected chi connectivity index (χ3v) is 5.60. The number of piperidine rings is 1. The molecule has 0 amide bonds. The highest BCUT2D eigenvalue weighted by atomic mass is 32.1. The first-order chi connectivity index (χ1) is 9.78. The van der Waals surface area contributed by atoms with Gasteiger partial charge in [0.15, 0.2) is 0 Å². The first kappa shape index (κ1) is 14.1. The standard InChI is InChI=1S/C17H24N2S/c1-3-11-19(2)17(9-6-10-18-13-17)15-12-20-16-8-5-4-7-14(15)16/h4-5,7-8,12,18H,3,6,9-11,13H2,1-2H3. The zero-order valence-corrected chi connectivity index (χ0v) is 13.3. The molecule has 1 fully saturated rings. The van der Waals surface area contributed by atoms with Crippen molar-refractivity contribution in [3.63, 3.8) is 0 Å². The van der Waals surface area contributed by atoms with Crippen molar-refractivity contribution in [1.29, 1.82) is 0 Å². The largest absolute Gasteiger partial charge is 0.315 e. The molecule has 1 aliphatic heterocycles. The molecule has 1 unspecified atom stereocenters. The Morgan fingerprint density at radius 1 is 1.35 bits per heavy atom. The molecule has 1 aromatic carbocycles. The van der Waals surface area contributed by atoms with E-state index >= 15 is 0 Å². The lowest BCUT2D eigenvalue weighted by Crippen LogP contribution is -2.54. The third kappa shape index (κ3) is 2.28. The summed E-state index contributed by atoms with van der Waals surface area (Å²) < 4.78 is 1.41. The van der Waals surface area contributed by atoms with Crippen molar-refractivity contribution < 1.29 is 0 Å². The number of thiophene rings is 1. The number of nitrogens with zero attached hydrogens (tertiary/aromatic N) is 1. The molecule has 0 bridgehead atoms. The van der Waals surface area contributed by atoms with Gasteiger partial charge in [-0.25, -0.2) is 0 Å². The fourth-order valence-electron chi connectivity index (χ4n) is 3.54. The summed E-state index contributed by atoms with van der Waals surface area (Å²) in [5.41, 5.74) is 1.70. The minimum atomic E-state index is 0.174. The maximum absolute atomic E-state index is 3.63. The van der Waals surface area contributed by atoms with Crippen LogP contribution in [0.25, 0.3) is 10.1 Å². The van der Waals surface area contributed by atoms with Crippen LogP contribution in [0.1, 0.15) is 31.7 Å². The second kappa shape index (κ2) is 5.84. The zero-order chi connectivity index (χ0) is 14.0. The monoisotopic (exact) mass is 288 g/mol. The summed E-state index contributed by atoms with van der Waals surface area (Å²) in [6.45, 7) is 5.66. The van der Waals surface area contributed by atoms with Gasteiger partial charge in [0, 0.05) is 11.2 Å². The van der Waals surface area contributed by atoms with E-state index in [0.717, 1.165) is 19.6 Å². The van der Waals surface area contributed by atoms with Crippen LogP contribution in [0.4, 0.5) is 0 Å². The summed E-state index contributed by atoms with van der Waals surface area (Å²) in [7, 11) is 2.29. The highest BCUT2D eigenvalue weighted by Crippen LogP contribution is 2.40. The number of rotatable bonds is 4. The SMILES string of the molecule is CCCN(C)C1(c2csc3ccccc23)CCCNC1. The molecule has 1 N–H and O–H groups in total. The molecule has 0 saturated carbocycles. The topological polar surface area (TPSA) is 15.3 Å². The van der Waals surface area contributed by atoms with Crippen LogP contribution in [0.5, 0.6) is 0 Å². The van der Waals surface area contributed by atoms with Gasteiger partial charge in [0.25, 0.3) is 0 Å². The molecule has 0 spiro atoms. The molecule has 0 aliphatic carbocycles. The maximum atomic E-state index is 3.63. The lowest BCUT2D eigenvalue weighted by Gasteiger charge is -2.45. The fraction of sp³-hybridized carbons (Fsp3) is 0.529. The number of nitrogens with one attached hydrogen (secondary N) is 1. The van der Waals surface area contributed by atoms with Gasteiger partial charge in [-0.1, -0.05) is 25.1 Å². The molecule has 1 aromatic heterocycles. The Kier molecular flexibility index (Phi) is 4.11. The van der Waals surface area contributed by atoms with E-state index in [4.69, 9.17) is 0 Å². The molecule has 2 aromatic rings. The summed E-state index contributed by atoms with van der Waals surface area (Å²) in [5, 5.41) is 7.47. The van der Waals surface area contributed by atoms with Crippen LogP contribution in [0.2, 0.25) is 0 Å². The molecule has 1 aliphatic rings. The Morgan fingerprint density at radius 3 is 2.95 bits per heavy atom. The number of fused-ring (bicyclic) bond motifs is 1. The predicted octanol–water partition coefficient (Wildman–Crippen LogP) is 3.82. The lowest BCUT2D eigenvalue weighted by atomic mass is 9.81. The smallest absolute Gasteiger partial charge is 0.0598 e. The molecular weight excluding hydrogens is 264 g/mol. The second-order valence-electron chi connectivity index (χ2n) is 5.88. The van der Waals surface area contributed by atoms with Crippen LogP contribution in [0.3, 0.4) is 0 Å².